The molecule has 2 heterocycles. The minimum absolute atomic E-state index is 0.000538. The van der Waals surface area contributed by atoms with Gasteiger partial charge in [-0.25, -0.2) is 4.99 Å². The molecule has 1 spiro atoms. The van der Waals surface area contributed by atoms with Gasteiger partial charge in [-0.05, 0) is 32.1 Å². The molecule has 1 aliphatic carbocycles. The fraction of sp³-hybridized carbons (Fsp3) is 0.900. The number of ether oxygens (including phenoxy) is 3. The Kier molecular flexibility index (Phi) is 7.93. The quantitative estimate of drug-likeness (QED) is 0.519. The number of hydrogen-bond acceptors (Lipinski definition) is 5. The van der Waals surface area contributed by atoms with E-state index in [4.69, 9.17) is 14.2 Å². The summed E-state index contributed by atoms with van der Waals surface area (Å²) in [6, 6.07) is 0. The van der Waals surface area contributed by atoms with Gasteiger partial charge in [-0.3, -0.25) is 4.79 Å². The summed E-state index contributed by atoms with van der Waals surface area (Å²) in [6.45, 7) is 2.83. The molecule has 2 unspecified atom stereocenters. The van der Waals surface area contributed by atoms with Crippen LogP contribution in [-0.4, -0.2) is 81.7 Å². The number of guanidine groups is 1. The molecular weight excluding hydrogens is 360 g/mol. The smallest absolute Gasteiger partial charge is 0.243 e. The van der Waals surface area contributed by atoms with Crippen molar-refractivity contribution in [3.63, 3.8) is 0 Å². The van der Waals surface area contributed by atoms with E-state index < -0.39 is 0 Å². The first-order chi connectivity index (χ1) is 13.6. The second-order valence-corrected chi connectivity index (χ2v) is 8.23. The predicted octanol–water partition coefficient (Wildman–Crippen LogP) is 1.25. The normalized spacial score (nSPS) is 27.6. The minimum Gasteiger partial charge on any atom is -0.376 e. The van der Waals surface area contributed by atoms with Gasteiger partial charge in [0.15, 0.2) is 11.7 Å². The van der Waals surface area contributed by atoms with Gasteiger partial charge in [-0.15, -0.1) is 0 Å². The maximum atomic E-state index is 11.9. The summed E-state index contributed by atoms with van der Waals surface area (Å²) in [4.78, 5) is 17.9. The van der Waals surface area contributed by atoms with E-state index in [1.807, 2.05) is 0 Å². The van der Waals surface area contributed by atoms with Crippen molar-refractivity contribution in [1.82, 2.24) is 15.5 Å². The number of nitrogens with zero attached hydrogens (tertiary/aromatic N) is 2. The molecule has 0 aromatic carbocycles. The number of nitrogens with one attached hydrogen (secondary N) is 2. The summed E-state index contributed by atoms with van der Waals surface area (Å²) in [6.07, 6.45) is 9.15. The molecular formula is C20H36N4O4. The Morgan fingerprint density at radius 3 is 2.50 bits per heavy atom. The highest BCUT2D eigenvalue weighted by atomic mass is 16.7. The van der Waals surface area contributed by atoms with Crippen molar-refractivity contribution >= 4 is 11.9 Å². The summed E-state index contributed by atoms with van der Waals surface area (Å²) >= 11 is 0. The third-order valence-electron chi connectivity index (χ3n) is 5.67. The number of likely N-dealkylation sites (N-methyl/N-ethyl adjacent to an activating group) is 1. The number of rotatable bonds is 6. The zero-order valence-electron chi connectivity index (χ0n) is 17.4. The largest absolute Gasteiger partial charge is 0.376 e. The third-order valence-corrected chi connectivity index (χ3v) is 5.67. The molecule has 8 nitrogen and oxygen atoms in total. The van der Waals surface area contributed by atoms with Crippen molar-refractivity contribution in [1.29, 1.82) is 0 Å². The third kappa shape index (κ3) is 6.32. The van der Waals surface area contributed by atoms with Crippen LogP contribution in [0.15, 0.2) is 4.99 Å². The van der Waals surface area contributed by atoms with Crippen LogP contribution in [0, 0.1) is 0 Å². The Morgan fingerprint density at radius 1 is 1.07 bits per heavy atom. The van der Waals surface area contributed by atoms with Gasteiger partial charge < -0.3 is 29.7 Å². The average Bonchev–Trinajstić information content (AvgIpc) is 3.10. The Balaban J connectivity index is 1.49. The van der Waals surface area contributed by atoms with Crippen molar-refractivity contribution in [3.05, 3.63) is 0 Å². The summed E-state index contributed by atoms with van der Waals surface area (Å²) < 4.78 is 18.0. The number of amides is 1. The van der Waals surface area contributed by atoms with Crippen LogP contribution in [0.1, 0.15) is 51.4 Å². The second kappa shape index (κ2) is 10.4. The zero-order valence-corrected chi connectivity index (χ0v) is 17.4. The van der Waals surface area contributed by atoms with Crippen molar-refractivity contribution in [3.8, 4) is 0 Å². The Labute approximate surface area is 168 Å². The van der Waals surface area contributed by atoms with Crippen LogP contribution in [0.4, 0.5) is 0 Å². The second-order valence-electron chi connectivity index (χ2n) is 8.23. The SMILES string of the molecule is CN(C)C(=O)CN=C(NCC1CCCCO1)NCC1COC2(CCCCC2)O1. The first kappa shape index (κ1) is 21.3. The summed E-state index contributed by atoms with van der Waals surface area (Å²) in [5, 5.41) is 6.65. The number of carbonyl (C=O) groups is 1. The maximum absolute atomic E-state index is 11.9. The van der Waals surface area contributed by atoms with Gasteiger partial charge >= 0.3 is 0 Å². The van der Waals surface area contributed by atoms with E-state index in [0.29, 0.717) is 25.7 Å². The molecule has 0 radical (unpaired) electrons. The van der Waals surface area contributed by atoms with Crippen LogP contribution >= 0.6 is 0 Å². The summed E-state index contributed by atoms with van der Waals surface area (Å²) in [5.41, 5.74) is 0. The minimum atomic E-state index is -0.369. The molecule has 0 bridgehead atoms. The molecule has 1 saturated carbocycles. The van der Waals surface area contributed by atoms with Gasteiger partial charge in [0, 0.05) is 46.6 Å². The van der Waals surface area contributed by atoms with Crippen molar-refractivity contribution in [2.24, 2.45) is 4.99 Å². The highest BCUT2D eigenvalue weighted by Crippen LogP contribution is 2.37. The molecule has 2 atom stereocenters. The highest BCUT2D eigenvalue weighted by molar-refractivity contribution is 5.84. The fourth-order valence-electron chi connectivity index (χ4n) is 3.92. The molecule has 3 rings (SSSR count). The van der Waals surface area contributed by atoms with Gasteiger partial charge in [0.1, 0.15) is 12.6 Å². The van der Waals surface area contributed by atoms with Gasteiger partial charge in [0.25, 0.3) is 0 Å². The lowest BCUT2D eigenvalue weighted by Crippen LogP contribution is -2.46. The van der Waals surface area contributed by atoms with Crippen LogP contribution in [0.5, 0.6) is 0 Å². The number of aliphatic imine (C=N–C) groups is 1. The van der Waals surface area contributed by atoms with E-state index in [1.54, 1.807) is 19.0 Å². The van der Waals surface area contributed by atoms with Gasteiger partial charge in [-0.2, -0.15) is 0 Å². The molecule has 2 saturated heterocycles. The summed E-state index contributed by atoms with van der Waals surface area (Å²) in [7, 11) is 3.48. The van der Waals surface area contributed by atoms with Crippen LogP contribution in [0.3, 0.4) is 0 Å². The van der Waals surface area contributed by atoms with Gasteiger partial charge in [0.05, 0.1) is 12.7 Å². The molecule has 3 fully saturated rings. The molecule has 3 aliphatic rings. The van der Waals surface area contributed by atoms with Crippen molar-refractivity contribution in [2.75, 3.05) is 46.9 Å². The monoisotopic (exact) mass is 396 g/mol. The first-order valence-corrected chi connectivity index (χ1v) is 10.7. The molecule has 160 valence electrons. The highest BCUT2D eigenvalue weighted by Gasteiger charge is 2.42. The molecule has 0 aromatic heterocycles. The molecule has 2 aliphatic heterocycles. The van der Waals surface area contributed by atoms with E-state index in [2.05, 4.69) is 15.6 Å². The molecule has 8 heteroatoms. The van der Waals surface area contributed by atoms with E-state index >= 15 is 0 Å². The number of hydrogen-bond donors (Lipinski definition) is 2. The van der Waals surface area contributed by atoms with E-state index in [0.717, 1.165) is 32.3 Å². The van der Waals surface area contributed by atoms with Crippen molar-refractivity contribution in [2.45, 2.75) is 69.4 Å². The molecule has 0 aromatic rings. The zero-order chi connectivity index (χ0) is 19.8. The lowest BCUT2D eigenvalue weighted by molar-refractivity contribution is -0.186. The van der Waals surface area contributed by atoms with Crippen LogP contribution in [-0.2, 0) is 19.0 Å². The van der Waals surface area contributed by atoms with Gasteiger partial charge in [0.2, 0.25) is 5.91 Å². The van der Waals surface area contributed by atoms with E-state index in [1.165, 1.54) is 25.7 Å². The predicted molar refractivity (Wildman–Crippen MR) is 107 cm³/mol. The fourth-order valence-corrected chi connectivity index (χ4v) is 3.92. The number of carbonyl (C=O) groups excluding carboxylic acids is 1. The molecule has 28 heavy (non-hydrogen) atoms. The Hall–Kier alpha value is -1.38. The lowest BCUT2D eigenvalue weighted by Gasteiger charge is -2.31. The first-order valence-electron chi connectivity index (χ1n) is 10.7. The average molecular weight is 397 g/mol. The maximum Gasteiger partial charge on any atom is 0.243 e. The van der Waals surface area contributed by atoms with E-state index in [-0.39, 0.29) is 30.4 Å². The van der Waals surface area contributed by atoms with E-state index in [9.17, 15) is 4.79 Å². The standard InChI is InChI=1S/C20H36N4O4/c1-24(2)18(25)14-23-19(21-12-16-8-4-7-11-26-16)22-13-17-15-27-20(28-17)9-5-3-6-10-20/h16-17H,3-15H2,1-2H3,(H2,21,22,23). The van der Waals surface area contributed by atoms with Crippen LogP contribution in [0.2, 0.25) is 0 Å². The van der Waals surface area contributed by atoms with Crippen LogP contribution in [0.25, 0.3) is 0 Å². The Morgan fingerprint density at radius 2 is 1.82 bits per heavy atom. The molecule has 1 amide bonds. The molecule has 2 N–H and O–H groups in total. The summed E-state index contributed by atoms with van der Waals surface area (Å²) in [5.74, 6) is 0.223. The topological polar surface area (TPSA) is 84.4 Å². The van der Waals surface area contributed by atoms with Crippen LogP contribution < -0.4 is 10.6 Å². The van der Waals surface area contributed by atoms with Gasteiger partial charge in [-0.1, -0.05) is 6.42 Å². The van der Waals surface area contributed by atoms with Crippen molar-refractivity contribution < 1.29 is 19.0 Å². The lowest BCUT2D eigenvalue weighted by atomic mass is 9.94. The Bertz CT molecular complexity index is 528.